The Balaban J connectivity index is 1.67. The molecule has 1 aromatic heterocycles. The zero-order valence-electron chi connectivity index (χ0n) is 15.0. The minimum atomic E-state index is 0.266. The van der Waals surface area contributed by atoms with E-state index in [1.54, 1.807) is 0 Å². The number of hydrogen-bond donors (Lipinski definition) is 1. The van der Waals surface area contributed by atoms with Crippen LogP contribution in [0.15, 0.2) is 36.7 Å². The summed E-state index contributed by atoms with van der Waals surface area (Å²) in [6.45, 7) is 4.21. The Kier molecular flexibility index (Phi) is 6.12. The molecule has 1 aliphatic heterocycles. The summed E-state index contributed by atoms with van der Waals surface area (Å²) in [4.78, 5) is 4.68. The number of benzene rings is 1. The lowest BCUT2D eigenvalue weighted by molar-refractivity contribution is 0.0692. The second-order valence-electron chi connectivity index (χ2n) is 7.38. The molecule has 0 radical (unpaired) electrons. The quantitative estimate of drug-likeness (QED) is 0.857. The molecule has 0 spiro atoms. The molecule has 3 rings (SSSR count). The Morgan fingerprint density at radius 2 is 2.08 bits per heavy atom. The van der Waals surface area contributed by atoms with E-state index in [4.69, 9.17) is 11.6 Å². The van der Waals surface area contributed by atoms with E-state index in [0.29, 0.717) is 16.9 Å². The fourth-order valence-electron chi connectivity index (χ4n) is 3.80. The number of aliphatic hydroxyl groups excluding tert-OH is 1. The van der Waals surface area contributed by atoms with Gasteiger partial charge in [0, 0.05) is 49.6 Å². The predicted octanol–water partition coefficient (Wildman–Crippen LogP) is 2.52. The third kappa shape index (κ3) is 5.05. The zero-order valence-corrected chi connectivity index (χ0v) is 15.7. The van der Waals surface area contributed by atoms with E-state index in [1.807, 2.05) is 35.1 Å². The highest BCUT2D eigenvalue weighted by molar-refractivity contribution is 6.30. The van der Waals surface area contributed by atoms with E-state index in [2.05, 4.69) is 35.2 Å². The number of halogens is 1. The van der Waals surface area contributed by atoms with Crippen LogP contribution in [0, 0.1) is 11.8 Å². The molecule has 2 aromatic rings. The van der Waals surface area contributed by atoms with Crippen molar-refractivity contribution in [3.63, 3.8) is 0 Å². The van der Waals surface area contributed by atoms with Crippen molar-refractivity contribution >= 4 is 11.6 Å². The smallest absolute Gasteiger partial charge is 0.0660 e. The van der Waals surface area contributed by atoms with E-state index in [0.717, 1.165) is 38.3 Å². The molecule has 0 aliphatic carbocycles. The van der Waals surface area contributed by atoms with Crippen molar-refractivity contribution in [2.75, 3.05) is 40.3 Å². The molecule has 136 valence electrons. The van der Waals surface area contributed by atoms with Crippen molar-refractivity contribution in [2.24, 2.45) is 11.8 Å². The van der Waals surface area contributed by atoms with E-state index in [-0.39, 0.29) is 6.61 Å². The fraction of sp³-hybridized carbons (Fsp3) is 0.526. The van der Waals surface area contributed by atoms with Gasteiger partial charge < -0.3 is 10.0 Å². The SMILES string of the molecule is CN(C)C[C@@H]1C[C@@H](CO)CN(Cc2cnn(-c3cccc(Cl)c3)c2)C1. The fourth-order valence-corrected chi connectivity index (χ4v) is 3.98. The number of rotatable bonds is 6. The number of hydrogen-bond acceptors (Lipinski definition) is 4. The maximum Gasteiger partial charge on any atom is 0.0660 e. The summed E-state index contributed by atoms with van der Waals surface area (Å²) >= 11 is 6.07. The van der Waals surface area contributed by atoms with Gasteiger partial charge in [0.25, 0.3) is 0 Å². The van der Waals surface area contributed by atoms with Gasteiger partial charge in [0.2, 0.25) is 0 Å². The molecule has 25 heavy (non-hydrogen) atoms. The Morgan fingerprint density at radius 1 is 1.28 bits per heavy atom. The van der Waals surface area contributed by atoms with Crippen molar-refractivity contribution in [1.82, 2.24) is 19.6 Å². The maximum atomic E-state index is 9.64. The standard InChI is InChI=1S/C19H27ClN4O/c1-22(2)9-15-6-16(14-25)11-23(10-15)12-17-8-21-24(13-17)19-5-3-4-18(20)7-19/h3-5,7-8,13,15-16,25H,6,9-12,14H2,1-2H3/t15-,16+/m0/s1. The molecule has 2 heterocycles. The molecule has 0 unspecified atom stereocenters. The second kappa shape index (κ2) is 8.32. The predicted molar refractivity (Wildman–Crippen MR) is 101 cm³/mol. The Bertz CT molecular complexity index is 688. The molecule has 1 aliphatic rings. The first-order valence-electron chi connectivity index (χ1n) is 8.81. The van der Waals surface area contributed by atoms with Crippen LogP contribution in [0.25, 0.3) is 5.69 Å². The average molecular weight is 363 g/mol. The third-order valence-electron chi connectivity index (χ3n) is 4.70. The van der Waals surface area contributed by atoms with Gasteiger partial charge >= 0.3 is 0 Å². The lowest BCUT2D eigenvalue weighted by atomic mass is 9.89. The molecule has 1 aromatic carbocycles. The first-order chi connectivity index (χ1) is 12.0. The Labute approximate surface area is 154 Å². The van der Waals surface area contributed by atoms with Gasteiger partial charge in [-0.15, -0.1) is 0 Å². The number of nitrogens with zero attached hydrogens (tertiary/aromatic N) is 4. The van der Waals surface area contributed by atoms with Crippen LogP contribution in [0.3, 0.4) is 0 Å². The molecule has 1 fully saturated rings. The van der Waals surface area contributed by atoms with Crippen LogP contribution in [-0.2, 0) is 6.54 Å². The topological polar surface area (TPSA) is 44.5 Å². The molecule has 2 atom stereocenters. The Morgan fingerprint density at radius 3 is 2.80 bits per heavy atom. The van der Waals surface area contributed by atoms with Crippen molar-refractivity contribution in [3.8, 4) is 5.69 Å². The van der Waals surface area contributed by atoms with Crippen LogP contribution >= 0.6 is 11.6 Å². The number of piperidine rings is 1. The van der Waals surface area contributed by atoms with Gasteiger partial charge in [-0.05, 0) is 50.6 Å². The molecule has 5 nitrogen and oxygen atoms in total. The van der Waals surface area contributed by atoms with E-state index < -0.39 is 0 Å². The van der Waals surface area contributed by atoms with Crippen LogP contribution in [0.4, 0.5) is 0 Å². The molecule has 1 N–H and O–H groups in total. The van der Waals surface area contributed by atoms with Gasteiger partial charge in [-0.3, -0.25) is 4.90 Å². The lowest BCUT2D eigenvalue weighted by Crippen LogP contribution is -2.44. The molecular formula is C19H27ClN4O. The third-order valence-corrected chi connectivity index (χ3v) is 4.93. The summed E-state index contributed by atoms with van der Waals surface area (Å²) in [6, 6.07) is 7.71. The van der Waals surface area contributed by atoms with Gasteiger partial charge in [-0.1, -0.05) is 17.7 Å². The van der Waals surface area contributed by atoms with E-state index in [9.17, 15) is 5.11 Å². The first-order valence-corrected chi connectivity index (χ1v) is 9.18. The Hall–Kier alpha value is -1.40. The summed E-state index contributed by atoms with van der Waals surface area (Å²) in [6.07, 6.45) is 5.09. The van der Waals surface area contributed by atoms with Gasteiger partial charge in [-0.25, -0.2) is 4.68 Å². The van der Waals surface area contributed by atoms with Crippen LogP contribution < -0.4 is 0 Å². The van der Waals surface area contributed by atoms with Gasteiger partial charge in [-0.2, -0.15) is 5.10 Å². The van der Waals surface area contributed by atoms with Crippen LogP contribution in [-0.4, -0.2) is 65.0 Å². The largest absolute Gasteiger partial charge is 0.396 e. The monoisotopic (exact) mass is 362 g/mol. The highest BCUT2D eigenvalue weighted by Crippen LogP contribution is 2.24. The van der Waals surface area contributed by atoms with Crippen molar-refractivity contribution in [3.05, 3.63) is 47.2 Å². The summed E-state index contributed by atoms with van der Waals surface area (Å²) in [5, 5.41) is 14.8. The van der Waals surface area contributed by atoms with Crippen LogP contribution in [0.5, 0.6) is 0 Å². The second-order valence-corrected chi connectivity index (χ2v) is 7.82. The van der Waals surface area contributed by atoms with E-state index in [1.165, 1.54) is 5.56 Å². The highest BCUT2D eigenvalue weighted by atomic mass is 35.5. The maximum absolute atomic E-state index is 9.64. The zero-order chi connectivity index (χ0) is 17.8. The minimum absolute atomic E-state index is 0.266. The minimum Gasteiger partial charge on any atom is -0.396 e. The van der Waals surface area contributed by atoms with Gasteiger partial charge in [0.1, 0.15) is 0 Å². The van der Waals surface area contributed by atoms with Gasteiger partial charge in [0.05, 0.1) is 11.9 Å². The highest BCUT2D eigenvalue weighted by Gasteiger charge is 2.27. The average Bonchev–Trinajstić information content (AvgIpc) is 3.02. The molecule has 1 saturated heterocycles. The number of likely N-dealkylation sites (tertiary alicyclic amines) is 1. The van der Waals surface area contributed by atoms with Crippen LogP contribution in [0.1, 0.15) is 12.0 Å². The number of aliphatic hydroxyl groups is 1. The summed E-state index contributed by atoms with van der Waals surface area (Å²) in [5.41, 5.74) is 2.15. The molecule has 0 saturated carbocycles. The molecule has 0 bridgehead atoms. The van der Waals surface area contributed by atoms with Crippen molar-refractivity contribution in [1.29, 1.82) is 0 Å². The van der Waals surface area contributed by atoms with E-state index >= 15 is 0 Å². The molecular weight excluding hydrogens is 336 g/mol. The van der Waals surface area contributed by atoms with Crippen molar-refractivity contribution < 1.29 is 5.11 Å². The normalized spacial score (nSPS) is 21.8. The molecule has 6 heteroatoms. The summed E-state index contributed by atoms with van der Waals surface area (Å²) in [5.74, 6) is 0.963. The summed E-state index contributed by atoms with van der Waals surface area (Å²) < 4.78 is 1.87. The summed E-state index contributed by atoms with van der Waals surface area (Å²) in [7, 11) is 4.23. The van der Waals surface area contributed by atoms with Crippen molar-refractivity contribution in [2.45, 2.75) is 13.0 Å². The molecule has 0 amide bonds. The first kappa shape index (κ1) is 18.4. The van der Waals surface area contributed by atoms with Crippen LogP contribution in [0.2, 0.25) is 5.02 Å². The van der Waals surface area contributed by atoms with Gasteiger partial charge in [0.15, 0.2) is 0 Å². The lowest BCUT2D eigenvalue weighted by Gasteiger charge is -2.38. The number of aromatic nitrogens is 2.